The number of carbonyl (C=O) groups is 2. The van der Waals surface area contributed by atoms with E-state index in [-0.39, 0.29) is 35.5 Å². The molecule has 246 valence electrons. The molecule has 5 rings (SSSR count). The summed E-state index contributed by atoms with van der Waals surface area (Å²) < 4.78 is 49.6. The topological polar surface area (TPSA) is 96.0 Å². The van der Waals surface area contributed by atoms with Crippen molar-refractivity contribution in [2.75, 3.05) is 18.0 Å². The van der Waals surface area contributed by atoms with E-state index in [1.165, 1.54) is 35.2 Å². The van der Waals surface area contributed by atoms with Gasteiger partial charge < -0.3 is 15.0 Å². The Kier molecular flexibility index (Phi) is 11.3. The van der Waals surface area contributed by atoms with E-state index in [0.717, 1.165) is 48.0 Å². The van der Waals surface area contributed by atoms with E-state index in [1.54, 1.807) is 43.5 Å². The number of para-hydroxylation sites is 1. The lowest BCUT2D eigenvalue weighted by Crippen LogP contribution is -2.55. The molecule has 4 aromatic rings. The normalized spacial score (nSPS) is 14.2. The Morgan fingerprint density at radius 3 is 2.17 bits per heavy atom. The lowest BCUT2D eigenvalue weighted by molar-refractivity contribution is -0.140. The zero-order chi connectivity index (χ0) is 33.2. The number of anilines is 1. The number of nitrogens with zero attached hydrogens (tertiary/aromatic N) is 2. The predicted molar refractivity (Wildman–Crippen MR) is 180 cm³/mol. The maximum atomic E-state index is 15.3. The number of benzene rings is 4. The third kappa shape index (κ3) is 8.56. The van der Waals surface area contributed by atoms with Crippen LogP contribution in [0.4, 0.5) is 10.1 Å². The van der Waals surface area contributed by atoms with Crippen LogP contribution < -0.4 is 14.4 Å². The molecule has 4 aromatic carbocycles. The number of halogens is 1. The molecular formula is C37H40FN3O5S. The molecule has 0 aromatic heterocycles. The van der Waals surface area contributed by atoms with Crippen LogP contribution in [0, 0.1) is 5.82 Å². The van der Waals surface area contributed by atoms with Gasteiger partial charge in [0.05, 0.1) is 17.7 Å². The first-order valence-electron chi connectivity index (χ1n) is 15.9. The third-order valence-electron chi connectivity index (χ3n) is 8.44. The van der Waals surface area contributed by atoms with E-state index in [2.05, 4.69) is 5.32 Å². The van der Waals surface area contributed by atoms with Gasteiger partial charge in [0.15, 0.2) is 0 Å². The van der Waals surface area contributed by atoms with Gasteiger partial charge in [-0.2, -0.15) is 0 Å². The second kappa shape index (κ2) is 15.7. The van der Waals surface area contributed by atoms with Crippen LogP contribution in [0.5, 0.6) is 5.75 Å². The Hall–Kier alpha value is -4.70. The zero-order valence-electron chi connectivity index (χ0n) is 26.4. The number of carbonyl (C=O) groups excluding carboxylic acids is 2. The van der Waals surface area contributed by atoms with Crippen molar-refractivity contribution in [1.82, 2.24) is 10.2 Å². The molecule has 1 fully saturated rings. The van der Waals surface area contributed by atoms with Gasteiger partial charge in [0, 0.05) is 19.0 Å². The Bertz CT molecular complexity index is 1750. The van der Waals surface area contributed by atoms with E-state index >= 15 is 4.39 Å². The third-order valence-corrected chi connectivity index (χ3v) is 10.2. The average molecular weight is 658 g/mol. The lowest BCUT2D eigenvalue weighted by Gasteiger charge is -2.35. The summed E-state index contributed by atoms with van der Waals surface area (Å²) >= 11 is 0. The number of ether oxygens (including phenoxy) is 1. The summed E-state index contributed by atoms with van der Waals surface area (Å²) in [7, 11) is -2.85. The van der Waals surface area contributed by atoms with Crippen molar-refractivity contribution in [2.45, 2.75) is 62.0 Å². The quantitative estimate of drug-likeness (QED) is 0.187. The molecule has 1 saturated carbocycles. The molecule has 0 aliphatic heterocycles. The zero-order valence-corrected chi connectivity index (χ0v) is 27.2. The smallest absolute Gasteiger partial charge is 0.264 e. The molecule has 0 saturated heterocycles. The fourth-order valence-corrected chi connectivity index (χ4v) is 7.40. The summed E-state index contributed by atoms with van der Waals surface area (Å²) in [6.45, 7) is -0.744. The highest BCUT2D eigenvalue weighted by Crippen LogP contribution is 2.28. The predicted octanol–water partition coefficient (Wildman–Crippen LogP) is 6.12. The summed E-state index contributed by atoms with van der Waals surface area (Å²) in [5.41, 5.74) is 1.25. The molecule has 47 heavy (non-hydrogen) atoms. The molecule has 0 radical (unpaired) electrons. The highest BCUT2D eigenvalue weighted by Gasteiger charge is 2.36. The first kappa shape index (κ1) is 33.7. The van der Waals surface area contributed by atoms with Crippen molar-refractivity contribution in [3.8, 4) is 5.75 Å². The van der Waals surface area contributed by atoms with E-state index in [1.807, 2.05) is 36.4 Å². The molecule has 1 unspecified atom stereocenters. The van der Waals surface area contributed by atoms with E-state index in [0.29, 0.717) is 11.3 Å². The first-order valence-corrected chi connectivity index (χ1v) is 17.3. The van der Waals surface area contributed by atoms with Crippen LogP contribution >= 0.6 is 0 Å². The highest BCUT2D eigenvalue weighted by atomic mass is 32.2. The van der Waals surface area contributed by atoms with Gasteiger partial charge in [-0.3, -0.25) is 13.9 Å². The Labute approximate surface area is 276 Å². The summed E-state index contributed by atoms with van der Waals surface area (Å²) in [6, 6.07) is 28.6. The number of hydrogen-bond acceptors (Lipinski definition) is 5. The molecule has 2 amide bonds. The second-order valence-electron chi connectivity index (χ2n) is 11.7. The number of sulfonamides is 1. The second-order valence-corrected chi connectivity index (χ2v) is 13.6. The molecule has 0 spiro atoms. The molecule has 1 atom stereocenters. The molecule has 1 aliphatic carbocycles. The monoisotopic (exact) mass is 657 g/mol. The van der Waals surface area contributed by atoms with E-state index < -0.39 is 34.3 Å². The van der Waals surface area contributed by atoms with Crippen molar-refractivity contribution in [3.63, 3.8) is 0 Å². The minimum absolute atomic E-state index is 0.0118. The fourth-order valence-electron chi connectivity index (χ4n) is 5.95. The standard InChI is InChI=1S/C37H40FN3O5S/c1-46-31-19-13-16-29(24-31)26-40(35(25-28-14-5-2-6-15-28)37(43)39-30-17-7-3-8-18-30)36(42)27-41(34-23-12-11-22-33(34)38)47(44,45)32-20-9-4-10-21-32/h2,4-6,9-16,19-24,30,35H,3,7-8,17-18,25-27H2,1H3,(H,39,43). The minimum atomic E-state index is -4.39. The Morgan fingerprint density at radius 2 is 1.49 bits per heavy atom. The van der Waals surface area contributed by atoms with Crippen molar-refractivity contribution in [2.24, 2.45) is 0 Å². The molecular weight excluding hydrogens is 617 g/mol. The van der Waals surface area contributed by atoms with Crippen LogP contribution in [-0.2, 0) is 32.6 Å². The SMILES string of the molecule is COc1cccc(CN(C(=O)CN(c2ccccc2F)S(=O)(=O)c2ccccc2)C(Cc2ccccc2)C(=O)NC2CCCCC2)c1. The van der Waals surface area contributed by atoms with E-state index in [4.69, 9.17) is 4.74 Å². The van der Waals surface area contributed by atoms with Gasteiger partial charge in [-0.25, -0.2) is 12.8 Å². The van der Waals surface area contributed by atoms with Gasteiger partial charge in [0.2, 0.25) is 11.8 Å². The van der Waals surface area contributed by atoms with Gasteiger partial charge in [-0.15, -0.1) is 0 Å². The number of methoxy groups -OCH3 is 1. The average Bonchev–Trinajstić information content (AvgIpc) is 3.10. The van der Waals surface area contributed by atoms with Crippen LogP contribution in [0.1, 0.15) is 43.2 Å². The molecule has 0 heterocycles. The summed E-state index contributed by atoms with van der Waals surface area (Å²) in [5, 5.41) is 3.18. The molecule has 0 bridgehead atoms. The summed E-state index contributed by atoms with van der Waals surface area (Å²) in [4.78, 5) is 30.1. The fraction of sp³-hybridized carbons (Fsp3) is 0.297. The molecule has 10 heteroatoms. The summed E-state index contributed by atoms with van der Waals surface area (Å²) in [5.74, 6) is -1.20. The van der Waals surface area contributed by atoms with Crippen LogP contribution in [0.2, 0.25) is 0 Å². The van der Waals surface area contributed by atoms with Gasteiger partial charge in [0.25, 0.3) is 10.0 Å². The van der Waals surface area contributed by atoms with Gasteiger partial charge in [-0.1, -0.05) is 92.1 Å². The maximum absolute atomic E-state index is 15.3. The van der Waals surface area contributed by atoms with Crippen LogP contribution in [0.3, 0.4) is 0 Å². The Morgan fingerprint density at radius 1 is 0.851 bits per heavy atom. The number of hydrogen-bond donors (Lipinski definition) is 1. The van der Waals surface area contributed by atoms with Crippen molar-refractivity contribution < 1.29 is 27.1 Å². The number of amides is 2. The molecule has 8 nitrogen and oxygen atoms in total. The minimum Gasteiger partial charge on any atom is -0.497 e. The van der Waals surface area contributed by atoms with Gasteiger partial charge >= 0.3 is 0 Å². The largest absolute Gasteiger partial charge is 0.497 e. The van der Waals surface area contributed by atoms with Crippen molar-refractivity contribution in [3.05, 3.63) is 126 Å². The van der Waals surface area contributed by atoms with Crippen molar-refractivity contribution >= 4 is 27.5 Å². The van der Waals surface area contributed by atoms with Crippen LogP contribution in [0.15, 0.2) is 114 Å². The van der Waals surface area contributed by atoms with Crippen LogP contribution in [0.25, 0.3) is 0 Å². The molecule has 1 N–H and O–H groups in total. The van der Waals surface area contributed by atoms with Crippen LogP contribution in [-0.4, -0.2) is 50.9 Å². The highest BCUT2D eigenvalue weighted by molar-refractivity contribution is 7.92. The maximum Gasteiger partial charge on any atom is 0.264 e. The summed E-state index contributed by atoms with van der Waals surface area (Å²) in [6.07, 6.45) is 5.03. The first-order chi connectivity index (χ1) is 22.8. The number of nitrogens with one attached hydrogen (secondary N) is 1. The lowest BCUT2D eigenvalue weighted by atomic mass is 9.94. The molecule has 1 aliphatic rings. The van der Waals surface area contributed by atoms with E-state index in [9.17, 15) is 18.0 Å². The van der Waals surface area contributed by atoms with Crippen molar-refractivity contribution in [1.29, 1.82) is 0 Å². The number of rotatable bonds is 13. The Balaban J connectivity index is 1.57. The van der Waals surface area contributed by atoms with Gasteiger partial charge in [-0.05, 0) is 60.4 Å². The van der Waals surface area contributed by atoms with Gasteiger partial charge in [0.1, 0.15) is 24.2 Å².